The number of rotatable bonds is 2. The van der Waals surface area contributed by atoms with Crippen LogP contribution in [0.3, 0.4) is 0 Å². The number of hydrogen-bond acceptors (Lipinski definition) is 1. The highest BCUT2D eigenvalue weighted by Crippen LogP contribution is 2.01. The second-order valence-electron chi connectivity index (χ2n) is 2.54. The molecule has 0 bridgehead atoms. The Kier molecular flexibility index (Phi) is 2.73. The van der Waals surface area contributed by atoms with Crippen molar-refractivity contribution in [1.82, 2.24) is 0 Å². The van der Waals surface area contributed by atoms with Gasteiger partial charge in [-0.25, -0.2) is 0 Å². The lowest BCUT2D eigenvalue weighted by Gasteiger charge is -1.94. The molecular formula is C10H12O. The van der Waals surface area contributed by atoms with Crippen molar-refractivity contribution in [3.8, 4) is 0 Å². The summed E-state index contributed by atoms with van der Waals surface area (Å²) in [5, 5.41) is 8.87. The molecule has 0 aliphatic carbocycles. The van der Waals surface area contributed by atoms with Crippen LogP contribution in [0.25, 0.3) is 0 Å². The molecule has 11 heavy (non-hydrogen) atoms. The monoisotopic (exact) mass is 148 g/mol. The van der Waals surface area contributed by atoms with E-state index in [4.69, 9.17) is 5.11 Å². The van der Waals surface area contributed by atoms with Gasteiger partial charge in [0.05, 0.1) is 5.76 Å². The molecule has 1 aromatic carbocycles. The summed E-state index contributed by atoms with van der Waals surface area (Å²) < 4.78 is 0. The summed E-state index contributed by atoms with van der Waals surface area (Å²) in [5.41, 5.74) is 1.22. The van der Waals surface area contributed by atoms with E-state index < -0.39 is 0 Å². The fourth-order valence-corrected chi connectivity index (χ4v) is 0.880. The predicted molar refractivity (Wildman–Crippen MR) is 46.5 cm³/mol. The van der Waals surface area contributed by atoms with Crippen molar-refractivity contribution in [2.75, 3.05) is 0 Å². The topological polar surface area (TPSA) is 20.2 Å². The molecule has 0 fully saturated rings. The van der Waals surface area contributed by atoms with Gasteiger partial charge in [0.25, 0.3) is 0 Å². The van der Waals surface area contributed by atoms with Crippen molar-refractivity contribution in [3.63, 3.8) is 0 Å². The van der Waals surface area contributed by atoms with E-state index in [0.717, 1.165) is 6.42 Å². The molecule has 0 atom stereocenters. The van der Waals surface area contributed by atoms with Crippen molar-refractivity contribution in [2.45, 2.75) is 13.3 Å². The third-order valence-corrected chi connectivity index (χ3v) is 1.48. The maximum atomic E-state index is 8.87. The summed E-state index contributed by atoms with van der Waals surface area (Å²) in [6, 6.07) is 10.1. The summed E-state index contributed by atoms with van der Waals surface area (Å²) in [6.07, 6.45) is 2.61. The van der Waals surface area contributed by atoms with Crippen molar-refractivity contribution < 1.29 is 5.11 Å². The van der Waals surface area contributed by atoms with Gasteiger partial charge in [-0.3, -0.25) is 0 Å². The van der Waals surface area contributed by atoms with E-state index in [0.29, 0.717) is 5.76 Å². The van der Waals surface area contributed by atoms with Crippen LogP contribution < -0.4 is 0 Å². The van der Waals surface area contributed by atoms with E-state index in [2.05, 4.69) is 0 Å². The van der Waals surface area contributed by atoms with Gasteiger partial charge < -0.3 is 5.11 Å². The summed E-state index contributed by atoms with van der Waals surface area (Å²) in [6.45, 7) is 1.68. The van der Waals surface area contributed by atoms with Crippen molar-refractivity contribution in [2.24, 2.45) is 0 Å². The molecule has 1 nitrogen and oxygen atoms in total. The Morgan fingerprint density at radius 1 is 1.36 bits per heavy atom. The summed E-state index contributed by atoms with van der Waals surface area (Å²) in [4.78, 5) is 0. The van der Waals surface area contributed by atoms with Gasteiger partial charge in [0.15, 0.2) is 0 Å². The molecule has 0 saturated heterocycles. The molecule has 0 aliphatic rings. The Morgan fingerprint density at radius 2 is 2.00 bits per heavy atom. The summed E-state index contributed by atoms with van der Waals surface area (Å²) in [5.74, 6) is 0.383. The lowest BCUT2D eigenvalue weighted by Crippen LogP contribution is -1.80. The Balaban J connectivity index is 2.59. The molecule has 1 rings (SSSR count). The number of aliphatic hydroxyl groups is 1. The predicted octanol–water partition coefficient (Wildman–Crippen LogP) is 2.69. The molecule has 0 radical (unpaired) electrons. The first-order valence-electron chi connectivity index (χ1n) is 3.68. The van der Waals surface area contributed by atoms with Crippen LogP contribution in [0.1, 0.15) is 12.5 Å². The van der Waals surface area contributed by atoms with Crippen molar-refractivity contribution >= 4 is 0 Å². The summed E-state index contributed by atoms with van der Waals surface area (Å²) >= 11 is 0. The van der Waals surface area contributed by atoms with E-state index in [1.807, 2.05) is 30.3 Å². The Bertz CT molecular complexity index is 232. The molecule has 0 unspecified atom stereocenters. The van der Waals surface area contributed by atoms with E-state index in [-0.39, 0.29) is 0 Å². The van der Waals surface area contributed by atoms with E-state index in [1.54, 1.807) is 13.0 Å². The van der Waals surface area contributed by atoms with Crippen LogP contribution in [-0.2, 0) is 6.42 Å². The van der Waals surface area contributed by atoms with Crippen LogP contribution >= 0.6 is 0 Å². The lowest BCUT2D eigenvalue weighted by atomic mass is 10.1. The lowest BCUT2D eigenvalue weighted by molar-refractivity contribution is 0.412. The third-order valence-electron chi connectivity index (χ3n) is 1.48. The van der Waals surface area contributed by atoms with Crippen LogP contribution in [0, 0.1) is 0 Å². The van der Waals surface area contributed by atoms with Crippen LogP contribution in [0.5, 0.6) is 0 Å². The zero-order chi connectivity index (χ0) is 8.10. The molecule has 1 heteroatoms. The van der Waals surface area contributed by atoms with Gasteiger partial charge in [-0.05, 0) is 25.0 Å². The van der Waals surface area contributed by atoms with Crippen LogP contribution in [0.4, 0.5) is 0 Å². The third kappa shape index (κ3) is 2.89. The quantitative estimate of drug-likeness (QED) is 0.639. The number of hydrogen-bond donors (Lipinski definition) is 1. The Hall–Kier alpha value is -1.24. The highest BCUT2D eigenvalue weighted by atomic mass is 16.3. The number of allylic oxidation sites excluding steroid dienone is 2. The first-order valence-corrected chi connectivity index (χ1v) is 3.68. The second kappa shape index (κ2) is 3.81. The largest absolute Gasteiger partial charge is 0.513 e. The molecule has 58 valence electrons. The molecule has 0 aliphatic heterocycles. The van der Waals surface area contributed by atoms with Gasteiger partial charge in [0, 0.05) is 0 Å². The molecule has 0 spiro atoms. The van der Waals surface area contributed by atoms with Crippen molar-refractivity contribution in [3.05, 3.63) is 47.7 Å². The normalized spacial score (nSPS) is 11.5. The Morgan fingerprint density at radius 3 is 2.55 bits per heavy atom. The van der Waals surface area contributed by atoms with E-state index in [1.165, 1.54) is 5.56 Å². The zero-order valence-corrected chi connectivity index (χ0v) is 6.62. The first-order chi connectivity index (χ1) is 5.29. The Labute approximate surface area is 67.0 Å². The molecule has 0 heterocycles. The molecule has 0 aromatic heterocycles. The SMILES string of the molecule is C/C(O)=C/Cc1ccccc1. The minimum atomic E-state index is 0.383. The standard InChI is InChI=1S/C10H12O/c1-9(11)7-8-10-5-3-2-4-6-10/h2-7,11H,8H2,1H3/b9-7-. The maximum Gasteiger partial charge on any atom is 0.0855 e. The summed E-state index contributed by atoms with van der Waals surface area (Å²) in [7, 11) is 0. The van der Waals surface area contributed by atoms with Gasteiger partial charge in [0.2, 0.25) is 0 Å². The minimum absolute atomic E-state index is 0.383. The molecule has 0 amide bonds. The van der Waals surface area contributed by atoms with Crippen LogP contribution in [0.2, 0.25) is 0 Å². The van der Waals surface area contributed by atoms with Crippen LogP contribution in [0.15, 0.2) is 42.2 Å². The molecule has 0 saturated carbocycles. The smallest absolute Gasteiger partial charge is 0.0855 e. The van der Waals surface area contributed by atoms with E-state index in [9.17, 15) is 0 Å². The first kappa shape index (κ1) is 7.86. The highest BCUT2D eigenvalue weighted by Gasteiger charge is 1.86. The van der Waals surface area contributed by atoms with Crippen molar-refractivity contribution in [1.29, 1.82) is 0 Å². The second-order valence-corrected chi connectivity index (χ2v) is 2.54. The van der Waals surface area contributed by atoms with Crippen LogP contribution in [-0.4, -0.2) is 5.11 Å². The fourth-order valence-electron chi connectivity index (χ4n) is 0.880. The van der Waals surface area contributed by atoms with Gasteiger partial charge in [-0.15, -0.1) is 0 Å². The molecule has 1 aromatic rings. The van der Waals surface area contributed by atoms with Gasteiger partial charge >= 0.3 is 0 Å². The van der Waals surface area contributed by atoms with Gasteiger partial charge in [-0.2, -0.15) is 0 Å². The molecule has 1 N–H and O–H groups in total. The average Bonchev–Trinajstić information content (AvgIpc) is 2.03. The van der Waals surface area contributed by atoms with Gasteiger partial charge in [0.1, 0.15) is 0 Å². The minimum Gasteiger partial charge on any atom is -0.513 e. The number of benzene rings is 1. The number of aliphatic hydroxyl groups excluding tert-OH is 1. The van der Waals surface area contributed by atoms with Gasteiger partial charge in [-0.1, -0.05) is 30.3 Å². The average molecular weight is 148 g/mol. The maximum absolute atomic E-state index is 8.87. The fraction of sp³-hybridized carbons (Fsp3) is 0.200. The van der Waals surface area contributed by atoms with E-state index >= 15 is 0 Å². The molecular weight excluding hydrogens is 136 g/mol. The zero-order valence-electron chi connectivity index (χ0n) is 6.62. The highest BCUT2D eigenvalue weighted by molar-refractivity contribution is 5.17.